The van der Waals surface area contributed by atoms with Crippen molar-refractivity contribution >= 4 is 28.9 Å². The molecular formula is C27H25ClN4S. The molecule has 1 N–H and O–H groups in total. The van der Waals surface area contributed by atoms with Gasteiger partial charge in [-0.25, -0.2) is 0 Å². The van der Waals surface area contributed by atoms with Gasteiger partial charge in [-0.1, -0.05) is 54.1 Å². The van der Waals surface area contributed by atoms with Crippen molar-refractivity contribution in [3.05, 3.63) is 118 Å². The average molecular weight is 473 g/mol. The number of hydrogen-bond acceptors (Lipinski definition) is 2. The molecule has 0 saturated carbocycles. The molecule has 1 fully saturated rings. The van der Waals surface area contributed by atoms with Gasteiger partial charge in [0.05, 0.1) is 17.8 Å². The van der Waals surface area contributed by atoms with E-state index in [0.717, 1.165) is 33.8 Å². The van der Waals surface area contributed by atoms with Gasteiger partial charge in [0.1, 0.15) is 0 Å². The van der Waals surface area contributed by atoms with Gasteiger partial charge >= 0.3 is 0 Å². The van der Waals surface area contributed by atoms with Crippen molar-refractivity contribution in [1.82, 2.24) is 19.8 Å². The van der Waals surface area contributed by atoms with Gasteiger partial charge in [-0.3, -0.25) is 4.98 Å². The van der Waals surface area contributed by atoms with E-state index in [1.807, 2.05) is 42.6 Å². The summed E-state index contributed by atoms with van der Waals surface area (Å²) in [4.78, 5) is 6.95. The zero-order chi connectivity index (χ0) is 22.9. The van der Waals surface area contributed by atoms with Crippen LogP contribution in [0.1, 0.15) is 40.3 Å². The maximum atomic E-state index is 6.31. The zero-order valence-corrected chi connectivity index (χ0v) is 20.1. The molecule has 4 nitrogen and oxygen atoms in total. The number of pyridine rings is 1. The van der Waals surface area contributed by atoms with Gasteiger partial charge in [-0.2, -0.15) is 0 Å². The van der Waals surface area contributed by atoms with E-state index in [4.69, 9.17) is 23.8 Å². The molecule has 1 saturated heterocycles. The number of halogens is 1. The normalized spacial score (nSPS) is 17.9. The highest BCUT2D eigenvalue weighted by atomic mass is 35.5. The molecule has 166 valence electrons. The number of rotatable bonds is 5. The molecule has 0 unspecified atom stereocenters. The Morgan fingerprint density at radius 1 is 0.970 bits per heavy atom. The number of benzene rings is 2. The lowest BCUT2D eigenvalue weighted by Gasteiger charge is -2.28. The third-order valence-electron chi connectivity index (χ3n) is 6.25. The number of aryl methyl sites for hydroxylation is 1. The van der Waals surface area contributed by atoms with Crippen LogP contribution in [0.3, 0.4) is 0 Å². The van der Waals surface area contributed by atoms with E-state index >= 15 is 0 Å². The highest BCUT2D eigenvalue weighted by Crippen LogP contribution is 2.42. The summed E-state index contributed by atoms with van der Waals surface area (Å²) in [6.45, 7) is 5.03. The Hall–Kier alpha value is -3.15. The lowest BCUT2D eigenvalue weighted by atomic mass is 9.96. The largest absolute Gasteiger partial charge is 0.352 e. The van der Waals surface area contributed by atoms with Crippen LogP contribution in [0.5, 0.6) is 0 Å². The molecule has 1 aliphatic heterocycles. The van der Waals surface area contributed by atoms with Crippen molar-refractivity contribution in [3.63, 3.8) is 0 Å². The molecular weight excluding hydrogens is 448 g/mol. The topological polar surface area (TPSA) is 33.1 Å². The van der Waals surface area contributed by atoms with Gasteiger partial charge in [0.25, 0.3) is 0 Å². The first-order valence-electron chi connectivity index (χ1n) is 11.0. The molecule has 3 heterocycles. The molecule has 4 aromatic rings. The van der Waals surface area contributed by atoms with Gasteiger partial charge in [0.15, 0.2) is 5.11 Å². The lowest BCUT2D eigenvalue weighted by Crippen LogP contribution is -2.29. The summed E-state index contributed by atoms with van der Waals surface area (Å²) >= 11 is 12.2. The predicted octanol–water partition coefficient (Wildman–Crippen LogP) is 6.32. The number of nitrogens with zero attached hydrogens (tertiary/aromatic N) is 3. The van der Waals surface area contributed by atoms with Gasteiger partial charge in [0.2, 0.25) is 0 Å². The average Bonchev–Trinajstić information content (AvgIpc) is 3.30. The number of nitrogens with one attached hydrogen (secondary N) is 1. The van der Waals surface area contributed by atoms with E-state index in [1.165, 1.54) is 16.8 Å². The van der Waals surface area contributed by atoms with Crippen molar-refractivity contribution in [3.8, 4) is 5.69 Å². The Bertz CT molecular complexity index is 1290. The maximum Gasteiger partial charge on any atom is 0.170 e. The molecule has 0 bridgehead atoms. The fourth-order valence-corrected chi connectivity index (χ4v) is 5.28. The first kappa shape index (κ1) is 21.7. The molecule has 0 aliphatic carbocycles. The summed E-state index contributed by atoms with van der Waals surface area (Å²) in [5.74, 6) is 0. The first-order chi connectivity index (χ1) is 16.0. The summed E-state index contributed by atoms with van der Waals surface area (Å²) in [6.07, 6.45) is 1.84. The summed E-state index contributed by atoms with van der Waals surface area (Å²) in [6, 6.07) is 26.7. The molecule has 2 aromatic heterocycles. The molecule has 1 aliphatic rings. The number of hydrogen-bond donors (Lipinski definition) is 1. The third-order valence-corrected chi connectivity index (χ3v) is 6.84. The smallest absolute Gasteiger partial charge is 0.170 e. The molecule has 2 atom stereocenters. The van der Waals surface area contributed by atoms with Crippen LogP contribution in [0.2, 0.25) is 5.02 Å². The Morgan fingerprint density at radius 3 is 2.48 bits per heavy atom. The highest BCUT2D eigenvalue weighted by molar-refractivity contribution is 7.80. The Balaban J connectivity index is 1.62. The van der Waals surface area contributed by atoms with Gasteiger partial charge < -0.3 is 14.8 Å². The van der Waals surface area contributed by atoms with Crippen molar-refractivity contribution in [2.45, 2.75) is 32.5 Å². The quantitative estimate of drug-likeness (QED) is 0.345. The van der Waals surface area contributed by atoms with E-state index in [9.17, 15) is 0 Å². The van der Waals surface area contributed by atoms with E-state index < -0.39 is 0 Å². The lowest BCUT2D eigenvalue weighted by molar-refractivity contribution is 0.310. The van der Waals surface area contributed by atoms with Crippen LogP contribution in [-0.2, 0) is 6.54 Å². The second kappa shape index (κ2) is 9.00. The summed E-state index contributed by atoms with van der Waals surface area (Å²) in [5.41, 5.74) is 6.81. The molecule has 0 radical (unpaired) electrons. The van der Waals surface area contributed by atoms with Crippen molar-refractivity contribution in [1.29, 1.82) is 0 Å². The van der Waals surface area contributed by atoms with Crippen LogP contribution < -0.4 is 5.32 Å². The van der Waals surface area contributed by atoms with Crippen molar-refractivity contribution in [2.75, 3.05) is 0 Å². The molecule has 6 heteroatoms. The minimum atomic E-state index is -0.0456. The first-order valence-corrected chi connectivity index (χ1v) is 11.8. The fraction of sp³-hybridized carbons (Fsp3) is 0.185. The zero-order valence-electron chi connectivity index (χ0n) is 18.6. The Kier molecular flexibility index (Phi) is 5.92. The summed E-state index contributed by atoms with van der Waals surface area (Å²) in [7, 11) is 0. The summed E-state index contributed by atoms with van der Waals surface area (Å²) in [5, 5.41) is 5.03. The summed E-state index contributed by atoms with van der Waals surface area (Å²) < 4.78 is 2.26. The van der Waals surface area contributed by atoms with Gasteiger partial charge in [-0.15, -0.1) is 0 Å². The SMILES string of the molecule is Cc1cc([C@H]2[C@@H](c3ccccn3)NC(=S)N2Cc2ccccc2)c(C)n1-c1cccc(Cl)c1. The second-order valence-corrected chi connectivity index (χ2v) is 9.20. The van der Waals surface area contributed by atoms with Crippen LogP contribution in [0.4, 0.5) is 0 Å². The molecule has 0 amide bonds. The van der Waals surface area contributed by atoms with Crippen LogP contribution in [-0.4, -0.2) is 19.6 Å². The van der Waals surface area contributed by atoms with E-state index in [2.05, 4.69) is 76.1 Å². The molecule has 5 rings (SSSR count). The molecule has 33 heavy (non-hydrogen) atoms. The minimum Gasteiger partial charge on any atom is -0.352 e. The molecule has 0 spiro atoms. The van der Waals surface area contributed by atoms with Crippen LogP contribution in [0.25, 0.3) is 5.69 Å². The predicted molar refractivity (Wildman–Crippen MR) is 138 cm³/mol. The Labute approximate surface area is 204 Å². The minimum absolute atomic E-state index is 0.00624. The second-order valence-electron chi connectivity index (χ2n) is 8.38. The number of thiocarbonyl (C=S) groups is 1. The van der Waals surface area contributed by atoms with Crippen LogP contribution >= 0.6 is 23.8 Å². The number of aromatic nitrogens is 2. The van der Waals surface area contributed by atoms with Crippen LogP contribution in [0.15, 0.2) is 85.1 Å². The Morgan fingerprint density at radius 2 is 1.76 bits per heavy atom. The van der Waals surface area contributed by atoms with Crippen LogP contribution in [0, 0.1) is 13.8 Å². The third kappa shape index (κ3) is 4.14. The maximum absolute atomic E-state index is 6.31. The van der Waals surface area contributed by atoms with E-state index in [-0.39, 0.29) is 12.1 Å². The van der Waals surface area contributed by atoms with E-state index in [0.29, 0.717) is 0 Å². The van der Waals surface area contributed by atoms with Crippen molar-refractivity contribution in [2.24, 2.45) is 0 Å². The highest BCUT2D eigenvalue weighted by Gasteiger charge is 2.41. The molecule has 2 aromatic carbocycles. The monoisotopic (exact) mass is 472 g/mol. The van der Waals surface area contributed by atoms with E-state index in [1.54, 1.807) is 0 Å². The van der Waals surface area contributed by atoms with Gasteiger partial charge in [-0.05, 0) is 73.6 Å². The van der Waals surface area contributed by atoms with Crippen molar-refractivity contribution < 1.29 is 0 Å². The standard InChI is InChI=1S/C27H25ClN4S/c1-18-15-23(19(2)32(18)22-12-8-11-21(28)16-22)26-25(24-13-6-7-14-29-24)30-27(33)31(26)17-20-9-4-3-5-10-20/h3-16,25-26H,17H2,1-2H3,(H,30,33)/t25-,26+/m1/s1. The van der Waals surface area contributed by atoms with Gasteiger partial charge in [0, 0.05) is 34.8 Å². The fourth-order valence-electron chi connectivity index (χ4n) is 4.79.